The van der Waals surface area contributed by atoms with Crippen LogP contribution in [0, 0.1) is 6.92 Å². The molecular weight excluding hydrogens is 356 g/mol. The number of ether oxygens (including phenoxy) is 2. The lowest BCUT2D eigenvalue weighted by atomic mass is 10.0. The number of hydrazine groups is 1. The molecule has 2 aromatic rings. The minimum atomic E-state index is -0.450. The summed E-state index contributed by atoms with van der Waals surface area (Å²) in [5.74, 6) is 0.674. The van der Waals surface area contributed by atoms with Crippen LogP contribution in [0.2, 0.25) is 0 Å². The van der Waals surface area contributed by atoms with Crippen molar-refractivity contribution in [1.29, 1.82) is 0 Å². The van der Waals surface area contributed by atoms with Crippen LogP contribution in [0.4, 0.5) is 0 Å². The van der Waals surface area contributed by atoms with E-state index in [1.54, 1.807) is 6.07 Å². The molecule has 0 saturated heterocycles. The predicted molar refractivity (Wildman–Crippen MR) is 108 cm³/mol. The predicted octanol–water partition coefficient (Wildman–Crippen LogP) is 3.29. The molecule has 2 rings (SSSR count). The molecule has 0 spiro atoms. The van der Waals surface area contributed by atoms with E-state index in [-0.39, 0.29) is 19.1 Å². The number of aryl methyl sites for hydroxylation is 2. The van der Waals surface area contributed by atoms with Crippen LogP contribution in [0.15, 0.2) is 42.5 Å². The van der Waals surface area contributed by atoms with Gasteiger partial charge in [-0.2, -0.15) is 0 Å². The van der Waals surface area contributed by atoms with Crippen LogP contribution in [0.25, 0.3) is 0 Å². The maximum absolute atomic E-state index is 12.0. The Morgan fingerprint density at radius 1 is 0.964 bits per heavy atom. The van der Waals surface area contributed by atoms with Crippen molar-refractivity contribution in [3.63, 3.8) is 0 Å². The number of carbonyl (C=O) groups excluding carboxylic acids is 2. The van der Waals surface area contributed by atoms with Crippen LogP contribution in [-0.2, 0) is 16.0 Å². The number of hydrogen-bond acceptors (Lipinski definition) is 4. The molecule has 28 heavy (non-hydrogen) atoms. The number of nitrogens with one attached hydrogen (secondary N) is 2. The Hall–Kier alpha value is -3.02. The largest absolute Gasteiger partial charge is 0.484 e. The number of amides is 2. The fourth-order valence-corrected chi connectivity index (χ4v) is 2.60. The Bertz CT molecular complexity index is 818. The second-order valence-corrected chi connectivity index (χ2v) is 6.87. The average molecular weight is 384 g/mol. The molecule has 0 aliphatic carbocycles. The van der Waals surface area contributed by atoms with Gasteiger partial charge in [0, 0.05) is 0 Å². The monoisotopic (exact) mass is 384 g/mol. The normalized spacial score (nSPS) is 10.5. The SMILES string of the molecule is CCc1cccc(OCC(=O)NNC(=O)COc2cc(C)ccc2C(C)C)c1. The van der Waals surface area contributed by atoms with E-state index in [0.29, 0.717) is 11.5 Å². The van der Waals surface area contributed by atoms with Gasteiger partial charge in [-0.1, -0.05) is 45.0 Å². The number of hydrogen-bond donors (Lipinski definition) is 2. The summed E-state index contributed by atoms with van der Waals surface area (Å²) in [5.41, 5.74) is 7.87. The molecule has 0 aliphatic rings. The van der Waals surface area contributed by atoms with E-state index in [9.17, 15) is 9.59 Å². The van der Waals surface area contributed by atoms with E-state index in [1.165, 1.54) is 0 Å². The van der Waals surface area contributed by atoms with Crippen molar-refractivity contribution >= 4 is 11.8 Å². The summed E-state index contributed by atoms with van der Waals surface area (Å²) in [6.45, 7) is 7.76. The Morgan fingerprint density at radius 3 is 2.29 bits per heavy atom. The molecular formula is C22H28N2O4. The van der Waals surface area contributed by atoms with Crippen LogP contribution in [-0.4, -0.2) is 25.0 Å². The zero-order chi connectivity index (χ0) is 20.5. The third kappa shape index (κ3) is 6.61. The molecule has 6 heteroatoms. The minimum Gasteiger partial charge on any atom is -0.484 e. The highest BCUT2D eigenvalue weighted by Gasteiger charge is 2.11. The molecule has 6 nitrogen and oxygen atoms in total. The van der Waals surface area contributed by atoms with Crippen molar-refractivity contribution in [2.24, 2.45) is 0 Å². The van der Waals surface area contributed by atoms with Crippen LogP contribution in [0.3, 0.4) is 0 Å². The highest BCUT2D eigenvalue weighted by Crippen LogP contribution is 2.27. The first-order valence-corrected chi connectivity index (χ1v) is 9.41. The molecule has 2 amide bonds. The van der Waals surface area contributed by atoms with Crippen LogP contribution < -0.4 is 20.3 Å². The molecule has 2 aromatic carbocycles. The molecule has 0 aliphatic heterocycles. The van der Waals surface area contributed by atoms with Crippen molar-refractivity contribution < 1.29 is 19.1 Å². The van der Waals surface area contributed by atoms with E-state index in [1.807, 2.05) is 50.2 Å². The highest BCUT2D eigenvalue weighted by molar-refractivity contribution is 5.83. The fourth-order valence-electron chi connectivity index (χ4n) is 2.60. The molecule has 0 heterocycles. The van der Waals surface area contributed by atoms with Crippen molar-refractivity contribution in [2.75, 3.05) is 13.2 Å². The van der Waals surface area contributed by atoms with Gasteiger partial charge in [0.2, 0.25) is 0 Å². The van der Waals surface area contributed by atoms with Crippen molar-refractivity contribution in [2.45, 2.75) is 40.0 Å². The smallest absolute Gasteiger partial charge is 0.276 e. The zero-order valence-corrected chi connectivity index (χ0v) is 16.9. The lowest BCUT2D eigenvalue weighted by Crippen LogP contribution is -2.45. The van der Waals surface area contributed by atoms with E-state index < -0.39 is 11.8 Å². The average Bonchev–Trinajstić information content (AvgIpc) is 2.69. The van der Waals surface area contributed by atoms with Gasteiger partial charge in [-0.15, -0.1) is 0 Å². The van der Waals surface area contributed by atoms with E-state index in [4.69, 9.17) is 9.47 Å². The molecule has 0 atom stereocenters. The van der Waals surface area contributed by atoms with E-state index >= 15 is 0 Å². The third-order valence-corrected chi connectivity index (χ3v) is 4.17. The summed E-state index contributed by atoms with van der Waals surface area (Å²) in [6, 6.07) is 13.5. The van der Waals surface area contributed by atoms with Crippen molar-refractivity contribution in [3.8, 4) is 11.5 Å². The summed E-state index contributed by atoms with van der Waals surface area (Å²) < 4.78 is 11.1. The Morgan fingerprint density at radius 2 is 1.64 bits per heavy atom. The fraction of sp³-hybridized carbons (Fsp3) is 0.364. The topological polar surface area (TPSA) is 76.7 Å². The highest BCUT2D eigenvalue weighted by atomic mass is 16.5. The second kappa shape index (κ2) is 10.3. The Kier molecular flexibility index (Phi) is 7.87. The summed E-state index contributed by atoms with van der Waals surface area (Å²) in [4.78, 5) is 23.8. The van der Waals surface area contributed by atoms with Crippen LogP contribution >= 0.6 is 0 Å². The van der Waals surface area contributed by atoms with Gasteiger partial charge in [-0.25, -0.2) is 0 Å². The maximum Gasteiger partial charge on any atom is 0.276 e. The van der Waals surface area contributed by atoms with Gasteiger partial charge >= 0.3 is 0 Å². The van der Waals surface area contributed by atoms with Gasteiger partial charge in [0.05, 0.1) is 0 Å². The third-order valence-electron chi connectivity index (χ3n) is 4.17. The van der Waals surface area contributed by atoms with Gasteiger partial charge in [0.15, 0.2) is 13.2 Å². The Balaban J connectivity index is 1.76. The van der Waals surface area contributed by atoms with Gasteiger partial charge < -0.3 is 9.47 Å². The molecule has 150 valence electrons. The number of rotatable bonds is 8. The van der Waals surface area contributed by atoms with E-state index in [0.717, 1.165) is 23.1 Å². The summed E-state index contributed by atoms with van der Waals surface area (Å²) in [6.07, 6.45) is 0.888. The maximum atomic E-state index is 12.0. The minimum absolute atomic E-state index is 0.191. The second-order valence-electron chi connectivity index (χ2n) is 6.87. The summed E-state index contributed by atoms with van der Waals surface area (Å²) in [5, 5.41) is 0. The molecule has 0 fully saturated rings. The van der Waals surface area contributed by atoms with Crippen molar-refractivity contribution in [1.82, 2.24) is 10.9 Å². The van der Waals surface area contributed by atoms with Gasteiger partial charge in [0.1, 0.15) is 11.5 Å². The first-order chi connectivity index (χ1) is 13.4. The molecule has 0 bridgehead atoms. The quantitative estimate of drug-likeness (QED) is 0.685. The van der Waals surface area contributed by atoms with E-state index in [2.05, 4.69) is 24.7 Å². The number of carbonyl (C=O) groups is 2. The molecule has 0 aromatic heterocycles. The van der Waals surface area contributed by atoms with Gasteiger partial charge in [-0.3, -0.25) is 20.4 Å². The number of benzene rings is 2. The molecule has 0 unspecified atom stereocenters. The van der Waals surface area contributed by atoms with Crippen molar-refractivity contribution in [3.05, 3.63) is 59.2 Å². The zero-order valence-electron chi connectivity index (χ0n) is 16.9. The molecule has 2 N–H and O–H groups in total. The lowest BCUT2D eigenvalue weighted by Gasteiger charge is -2.15. The first-order valence-electron chi connectivity index (χ1n) is 9.41. The molecule has 0 radical (unpaired) electrons. The molecule has 0 saturated carbocycles. The first kappa shape index (κ1) is 21.3. The van der Waals surface area contributed by atoms with Gasteiger partial charge in [0.25, 0.3) is 11.8 Å². The van der Waals surface area contributed by atoms with Crippen LogP contribution in [0.5, 0.6) is 11.5 Å². The summed E-state index contributed by atoms with van der Waals surface area (Å²) in [7, 11) is 0. The van der Waals surface area contributed by atoms with Gasteiger partial charge in [-0.05, 0) is 54.2 Å². The summed E-state index contributed by atoms with van der Waals surface area (Å²) >= 11 is 0. The lowest BCUT2D eigenvalue weighted by molar-refractivity contribution is -0.131. The van der Waals surface area contributed by atoms with Crippen LogP contribution in [0.1, 0.15) is 43.4 Å². The Labute approximate surface area is 166 Å². The standard InChI is InChI=1S/C22H28N2O4/c1-5-17-7-6-8-18(12-17)27-13-21(25)23-24-22(26)14-28-20-11-16(4)9-10-19(20)15(2)3/h6-12,15H,5,13-14H2,1-4H3,(H,23,25)(H,24,26).